The number of amides is 11. The van der Waals surface area contributed by atoms with E-state index in [0.29, 0.717) is 75.0 Å². The molecule has 33 heteroatoms. The number of esters is 2. The number of piperidine rings is 3. The third kappa shape index (κ3) is 24.5. The third-order valence-corrected chi connectivity index (χ3v) is 15.9. The van der Waals surface area contributed by atoms with Crippen LogP contribution in [0.3, 0.4) is 0 Å². The minimum atomic E-state index is -0.982. The summed E-state index contributed by atoms with van der Waals surface area (Å²) in [6.45, 7) is 16.5. The van der Waals surface area contributed by atoms with Crippen LogP contribution in [0.25, 0.3) is 0 Å². The van der Waals surface area contributed by atoms with E-state index in [1.165, 1.54) is 39.0 Å². The number of nitro groups is 1. The Morgan fingerprint density at radius 2 is 0.875 bits per heavy atom. The lowest BCUT2D eigenvalue weighted by Crippen LogP contribution is -2.52. The molecule has 9 N–H and O–H groups in total. The van der Waals surface area contributed by atoms with E-state index in [0.717, 1.165) is 33.4 Å². The number of carbonyl (C=O) groups excluding carboxylic acids is 14. The van der Waals surface area contributed by atoms with Gasteiger partial charge in [0.25, 0.3) is 23.4 Å². The standard InChI is InChI=1S/C23H29N3O7.C18H21N3O5.C14H15N3O3.C14H18N2O7.C2H6/c1-23(2,3)33-22(31)24-10-11-32-19(28)9-5-14-4-6-16-15(12-14)13-26(21(16)30)17-7-8-18(27)25-20(17)29;19-7-8-26-16(23)6-2-11-1-3-13-12(9-11)10-21(18(13)25)14-4-5-15(22)20-17(14)24;15-6-8-1-2-10-9(5-8)7-17(14(10)20)11-3-4-12(18)16-13(11)19;1-14(2,3)23-12(17)15-8-9-21-13(18)22-11-6-4-10(5-7-11)16(19)20;1-2/h4,6,12,17H,5,7-11,13H2,1-3H3,(H,24,31)(H,25,27,29);1,3,9,14H,2,4-8,10,19H2,(H,20,22,24);1-2,5,11H,3-4,6-7,15H2,(H,16,18,19);4-7H,8-9H2,1-3H3,(H,15,17);1-2H3. The van der Waals surface area contributed by atoms with Crippen LogP contribution in [-0.2, 0) is 101 Å². The predicted molar refractivity (Wildman–Crippen MR) is 368 cm³/mol. The quantitative estimate of drug-likeness (QED) is 0.0118. The molecule has 0 bridgehead atoms. The molecule has 3 atom stereocenters. The van der Waals surface area contributed by atoms with E-state index in [4.69, 9.17) is 39.9 Å². The van der Waals surface area contributed by atoms with Gasteiger partial charge in [-0.25, -0.2) is 14.4 Å². The summed E-state index contributed by atoms with van der Waals surface area (Å²) >= 11 is 0. The molecule has 0 aromatic heterocycles. The van der Waals surface area contributed by atoms with Crippen molar-refractivity contribution in [2.45, 2.75) is 175 Å². The molecule has 11 amide bonds. The Bertz CT molecular complexity index is 3880. The van der Waals surface area contributed by atoms with Crippen LogP contribution in [0.4, 0.5) is 20.1 Å². The van der Waals surface area contributed by atoms with Gasteiger partial charge in [-0.1, -0.05) is 50.2 Å². The SMILES string of the molecule is CC.CC(C)(C)OC(=O)NCCOC(=O)CCc1ccc2c(c1)CN(C1CCC(=O)NC1=O)C2=O.CC(C)(C)OC(=O)NCCOC(=O)Oc1ccc([N+](=O)[O-])cc1.NCCOC(=O)CCc1ccc2c(c1)CN(C1CCC(=O)NC1=O)C2=O.NCc1ccc2c(c1)CN(C1CCC(=O)NC1=O)C2=O. The first kappa shape index (κ1) is 81.7. The van der Waals surface area contributed by atoms with Gasteiger partial charge in [-0.05, 0) is 137 Å². The summed E-state index contributed by atoms with van der Waals surface area (Å²) in [6, 6.07) is 19.4. The highest BCUT2D eigenvalue weighted by Crippen LogP contribution is 2.32. The summed E-state index contributed by atoms with van der Waals surface area (Å²) in [5, 5.41) is 22.3. The van der Waals surface area contributed by atoms with Crippen molar-refractivity contribution in [3.05, 3.63) is 139 Å². The van der Waals surface area contributed by atoms with Crippen LogP contribution >= 0.6 is 0 Å². The van der Waals surface area contributed by atoms with Crippen molar-refractivity contribution in [3.8, 4) is 5.75 Å². The monoisotopic (exact) mass is 1450 g/mol. The third-order valence-electron chi connectivity index (χ3n) is 15.9. The normalized spacial score (nSPS) is 17.2. The highest BCUT2D eigenvalue weighted by molar-refractivity contribution is 6.07. The Hall–Kier alpha value is -11.2. The highest BCUT2D eigenvalue weighted by atomic mass is 16.7. The molecule has 3 unspecified atom stereocenters. The summed E-state index contributed by atoms with van der Waals surface area (Å²) in [5.74, 6) is -3.36. The van der Waals surface area contributed by atoms with Crippen LogP contribution in [0.2, 0.25) is 0 Å². The summed E-state index contributed by atoms with van der Waals surface area (Å²) < 4.78 is 29.7. The zero-order chi connectivity index (χ0) is 76.6. The fourth-order valence-corrected chi connectivity index (χ4v) is 11.1. The Morgan fingerprint density at radius 3 is 1.22 bits per heavy atom. The number of benzene rings is 4. The number of nitrogens with two attached hydrogens (primary N) is 2. The number of nitrogens with zero attached hydrogens (tertiary/aromatic N) is 4. The first-order chi connectivity index (χ1) is 49.3. The van der Waals surface area contributed by atoms with Crippen molar-refractivity contribution in [3.63, 3.8) is 0 Å². The number of hydrogen-bond acceptors (Lipinski definition) is 24. The van der Waals surface area contributed by atoms with Crippen LogP contribution in [-0.4, -0.2) is 172 Å². The lowest BCUT2D eigenvalue weighted by Gasteiger charge is -2.29. The van der Waals surface area contributed by atoms with Crippen LogP contribution < -0.4 is 42.8 Å². The maximum Gasteiger partial charge on any atom is 0.513 e. The molecule has 3 fully saturated rings. The molecule has 0 radical (unpaired) electrons. The van der Waals surface area contributed by atoms with E-state index >= 15 is 0 Å². The maximum absolute atomic E-state index is 12.7. The summed E-state index contributed by atoms with van der Waals surface area (Å²) in [7, 11) is 0. The molecule has 0 aliphatic carbocycles. The second kappa shape index (κ2) is 38.2. The van der Waals surface area contributed by atoms with Gasteiger partial charge in [0.05, 0.1) is 18.0 Å². The first-order valence-electron chi connectivity index (χ1n) is 33.8. The second-order valence-corrected chi connectivity index (χ2v) is 25.9. The number of rotatable bonds is 20. The highest BCUT2D eigenvalue weighted by Gasteiger charge is 2.42. The molecule has 33 nitrogen and oxygen atoms in total. The van der Waals surface area contributed by atoms with Gasteiger partial charge in [0.1, 0.15) is 54.9 Å². The topological polar surface area (TPSA) is 459 Å². The van der Waals surface area contributed by atoms with Gasteiger partial charge in [-0.15, -0.1) is 0 Å². The van der Waals surface area contributed by atoms with E-state index < -0.39 is 70.4 Å². The molecular weight excluding hydrogens is 1360 g/mol. The van der Waals surface area contributed by atoms with Gasteiger partial charge in [0.2, 0.25) is 35.4 Å². The molecule has 6 aliphatic heterocycles. The van der Waals surface area contributed by atoms with E-state index in [1.807, 2.05) is 38.1 Å². The fraction of sp³-hybridized carbons (Fsp3) is 0.465. The number of hydrogen-bond donors (Lipinski definition) is 7. The molecule has 104 heavy (non-hydrogen) atoms. The Morgan fingerprint density at radius 1 is 0.519 bits per heavy atom. The van der Waals surface area contributed by atoms with Gasteiger partial charge in [0, 0.05) is 93.7 Å². The number of ether oxygens (including phenoxy) is 6. The Labute approximate surface area is 599 Å². The Balaban J connectivity index is 0.000000219. The van der Waals surface area contributed by atoms with E-state index in [-0.39, 0.29) is 130 Å². The number of nitro benzene ring substituents is 1. The molecule has 6 aliphatic rings. The van der Waals surface area contributed by atoms with Gasteiger partial charge < -0.3 is 65.2 Å². The lowest BCUT2D eigenvalue weighted by molar-refractivity contribution is -0.384. The van der Waals surface area contributed by atoms with Gasteiger partial charge in [0.15, 0.2) is 0 Å². The number of fused-ring (bicyclic) bond motifs is 3. The Kier molecular flexibility index (Phi) is 30.0. The number of carbonyl (C=O) groups is 14. The molecule has 4 aromatic carbocycles. The van der Waals surface area contributed by atoms with Crippen molar-refractivity contribution in [2.75, 3.05) is 39.5 Å². The summed E-state index contributed by atoms with van der Waals surface area (Å²) in [6.07, 6.45) is 0.882. The smallest absolute Gasteiger partial charge is 0.464 e. The van der Waals surface area contributed by atoms with Crippen molar-refractivity contribution >= 4 is 89.1 Å². The van der Waals surface area contributed by atoms with Crippen molar-refractivity contribution < 1.29 is 100 Å². The molecule has 6 heterocycles. The number of non-ortho nitro benzene ring substituents is 1. The first-order valence-corrected chi connectivity index (χ1v) is 33.8. The van der Waals surface area contributed by atoms with Crippen molar-refractivity contribution in [2.24, 2.45) is 11.5 Å². The van der Waals surface area contributed by atoms with Gasteiger partial charge >= 0.3 is 30.3 Å². The van der Waals surface area contributed by atoms with Gasteiger partial charge in [-0.2, -0.15) is 0 Å². The average molecular weight is 1450 g/mol. The van der Waals surface area contributed by atoms with Gasteiger partial charge in [-0.3, -0.25) is 78.8 Å². The van der Waals surface area contributed by atoms with Crippen LogP contribution in [0, 0.1) is 10.1 Å². The van der Waals surface area contributed by atoms with Crippen LogP contribution in [0.15, 0.2) is 78.9 Å². The molecule has 10 rings (SSSR count). The molecule has 0 spiro atoms. The van der Waals surface area contributed by atoms with Crippen molar-refractivity contribution in [1.29, 1.82) is 0 Å². The zero-order valence-corrected chi connectivity index (χ0v) is 59.3. The summed E-state index contributed by atoms with van der Waals surface area (Å²) in [4.78, 5) is 180. The van der Waals surface area contributed by atoms with E-state index in [9.17, 15) is 77.2 Å². The van der Waals surface area contributed by atoms with E-state index in [1.54, 1.807) is 71.9 Å². The average Bonchev–Trinajstić information content (AvgIpc) is 1.65. The molecule has 3 saturated heterocycles. The fourth-order valence-electron chi connectivity index (χ4n) is 11.1. The van der Waals surface area contributed by atoms with Crippen LogP contribution in [0.5, 0.6) is 5.75 Å². The second-order valence-electron chi connectivity index (χ2n) is 25.9. The van der Waals surface area contributed by atoms with E-state index in [2.05, 4.69) is 26.6 Å². The number of imide groups is 3. The minimum absolute atomic E-state index is 0.0394. The van der Waals surface area contributed by atoms with Crippen molar-refractivity contribution in [1.82, 2.24) is 41.3 Å². The zero-order valence-electron chi connectivity index (χ0n) is 59.3. The number of nitrogens with one attached hydrogen (secondary N) is 5. The molecule has 0 saturated carbocycles. The number of alkyl carbamates (subject to hydrolysis) is 2. The maximum atomic E-state index is 12.7. The molecular formula is C71H89N11O22. The molecule has 4 aromatic rings. The predicted octanol–water partition coefficient (Wildman–Crippen LogP) is 4.90. The summed E-state index contributed by atoms with van der Waals surface area (Å²) in [5.41, 5.74) is 16.5. The largest absolute Gasteiger partial charge is 0.513 e. The molecule has 560 valence electrons. The van der Waals surface area contributed by atoms with Crippen LogP contribution in [0.1, 0.15) is 171 Å². The minimum Gasteiger partial charge on any atom is -0.464 e. The lowest BCUT2D eigenvalue weighted by atomic mass is 10.0. The number of aryl methyl sites for hydroxylation is 2.